The predicted octanol–water partition coefficient (Wildman–Crippen LogP) is -1.10. The van der Waals surface area contributed by atoms with Gasteiger partial charge in [-0.25, -0.2) is 0 Å². The maximum Gasteiger partial charge on any atom is 0.262 e. The molecule has 3 aliphatic rings. The molecule has 2 saturated heterocycles. The van der Waals surface area contributed by atoms with Gasteiger partial charge in [0.25, 0.3) is 11.8 Å². The Morgan fingerprint density at radius 2 is 1.89 bits per heavy atom. The van der Waals surface area contributed by atoms with Gasteiger partial charge in [-0.05, 0) is 37.1 Å². The minimum Gasteiger partial charge on any atom is -0.387 e. The molecule has 0 radical (unpaired) electrons. The third kappa shape index (κ3) is 3.32. The highest BCUT2D eigenvalue weighted by molar-refractivity contribution is 6.23. The van der Waals surface area contributed by atoms with Gasteiger partial charge in [-0.3, -0.25) is 29.4 Å². The van der Waals surface area contributed by atoms with E-state index in [0.717, 1.165) is 10.5 Å². The van der Waals surface area contributed by atoms with Crippen molar-refractivity contribution in [2.24, 2.45) is 0 Å². The van der Waals surface area contributed by atoms with E-state index < -0.39 is 35.3 Å². The molecule has 28 heavy (non-hydrogen) atoms. The number of nitrogens with one attached hydrogen (secondary N) is 3. The van der Waals surface area contributed by atoms with Crippen LogP contribution in [0, 0.1) is 0 Å². The number of carbonyl (C=O) groups is 4. The van der Waals surface area contributed by atoms with Crippen LogP contribution in [0.1, 0.15) is 45.5 Å². The minimum absolute atomic E-state index is 0.0981. The lowest BCUT2D eigenvalue weighted by molar-refractivity contribution is -0.136. The van der Waals surface area contributed by atoms with Crippen LogP contribution in [0.3, 0.4) is 0 Å². The molecule has 9 nitrogen and oxygen atoms in total. The Labute approximate surface area is 161 Å². The number of hydrogen-bond donors (Lipinski definition) is 4. The standard InChI is InChI=1S/C19H22N4O5/c24-15-4-3-14(16(25)22-15)23-17(26)12-2-1-11(7-13(12)18(23)27)8-20-6-5-19(28)9-21-10-19/h1-2,7,14,20-21,28H,3-6,8-10H2,(H,22,24,25). The molecule has 4 rings (SSSR count). The number of hydrogen-bond acceptors (Lipinski definition) is 7. The summed E-state index contributed by atoms with van der Waals surface area (Å²) in [5.74, 6) is -2.02. The first-order valence-electron chi connectivity index (χ1n) is 9.36. The summed E-state index contributed by atoms with van der Waals surface area (Å²) in [6, 6.07) is 4.07. The van der Waals surface area contributed by atoms with E-state index in [9.17, 15) is 24.3 Å². The van der Waals surface area contributed by atoms with Gasteiger partial charge in [0, 0.05) is 26.1 Å². The number of β-amino-alcohol motifs (C(OH)–C–C–N with tert-alkyl or cyclic N) is 1. The summed E-state index contributed by atoms with van der Waals surface area (Å²) in [5.41, 5.74) is 0.739. The topological polar surface area (TPSA) is 128 Å². The van der Waals surface area contributed by atoms with Crippen molar-refractivity contribution in [3.05, 3.63) is 34.9 Å². The molecule has 1 aromatic rings. The zero-order valence-electron chi connectivity index (χ0n) is 15.3. The molecule has 0 bridgehead atoms. The second-order valence-electron chi connectivity index (χ2n) is 7.58. The van der Waals surface area contributed by atoms with Crippen LogP contribution >= 0.6 is 0 Å². The van der Waals surface area contributed by atoms with E-state index in [1.165, 1.54) is 0 Å². The fourth-order valence-electron chi connectivity index (χ4n) is 3.77. The monoisotopic (exact) mass is 386 g/mol. The van der Waals surface area contributed by atoms with E-state index in [4.69, 9.17) is 0 Å². The Morgan fingerprint density at radius 3 is 2.57 bits per heavy atom. The average molecular weight is 386 g/mol. The van der Waals surface area contributed by atoms with Crippen molar-refractivity contribution in [1.82, 2.24) is 20.9 Å². The molecule has 2 fully saturated rings. The van der Waals surface area contributed by atoms with Crippen LogP contribution in [-0.4, -0.2) is 64.9 Å². The predicted molar refractivity (Wildman–Crippen MR) is 97.3 cm³/mol. The number of rotatable bonds is 6. The molecule has 4 N–H and O–H groups in total. The average Bonchev–Trinajstić information content (AvgIpc) is 2.88. The van der Waals surface area contributed by atoms with Crippen LogP contribution in [0.25, 0.3) is 0 Å². The van der Waals surface area contributed by atoms with Crippen molar-refractivity contribution in [3.63, 3.8) is 0 Å². The molecule has 4 amide bonds. The Kier molecular flexibility index (Phi) is 4.74. The highest BCUT2D eigenvalue weighted by Gasteiger charge is 2.44. The highest BCUT2D eigenvalue weighted by atomic mass is 16.3. The summed E-state index contributed by atoms with van der Waals surface area (Å²) in [5, 5.41) is 18.5. The van der Waals surface area contributed by atoms with E-state index in [2.05, 4.69) is 16.0 Å². The van der Waals surface area contributed by atoms with Gasteiger partial charge < -0.3 is 15.7 Å². The van der Waals surface area contributed by atoms with Crippen LogP contribution in [0.4, 0.5) is 0 Å². The quantitative estimate of drug-likeness (QED) is 0.361. The van der Waals surface area contributed by atoms with Crippen molar-refractivity contribution in [3.8, 4) is 0 Å². The largest absolute Gasteiger partial charge is 0.387 e. The number of piperidine rings is 1. The van der Waals surface area contributed by atoms with Gasteiger partial charge in [0.1, 0.15) is 6.04 Å². The lowest BCUT2D eigenvalue weighted by Crippen LogP contribution is -2.60. The number of benzene rings is 1. The second kappa shape index (κ2) is 7.08. The fraction of sp³-hybridized carbons (Fsp3) is 0.474. The molecule has 9 heteroatoms. The van der Waals surface area contributed by atoms with E-state index >= 15 is 0 Å². The molecule has 0 saturated carbocycles. The first-order valence-corrected chi connectivity index (χ1v) is 9.36. The Hall–Kier alpha value is -2.62. The van der Waals surface area contributed by atoms with Crippen molar-refractivity contribution >= 4 is 23.6 Å². The highest BCUT2D eigenvalue weighted by Crippen LogP contribution is 2.28. The molecule has 3 heterocycles. The van der Waals surface area contributed by atoms with E-state index in [-0.39, 0.29) is 24.0 Å². The van der Waals surface area contributed by atoms with E-state index in [1.807, 2.05) is 0 Å². The van der Waals surface area contributed by atoms with Gasteiger partial charge in [-0.1, -0.05) is 6.07 Å². The van der Waals surface area contributed by atoms with Crippen molar-refractivity contribution in [2.75, 3.05) is 19.6 Å². The lowest BCUT2D eigenvalue weighted by Gasteiger charge is -2.37. The molecular formula is C19H22N4O5. The van der Waals surface area contributed by atoms with Crippen LogP contribution in [0.5, 0.6) is 0 Å². The van der Waals surface area contributed by atoms with Gasteiger partial charge in [-0.15, -0.1) is 0 Å². The molecule has 1 aromatic carbocycles. The first-order chi connectivity index (χ1) is 13.4. The number of nitrogens with zero attached hydrogens (tertiary/aromatic N) is 1. The van der Waals surface area contributed by atoms with Crippen LogP contribution in [-0.2, 0) is 16.1 Å². The van der Waals surface area contributed by atoms with Crippen molar-refractivity contribution in [1.29, 1.82) is 0 Å². The molecule has 1 atom stereocenters. The van der Waals surface area contributed by atoms with Gasteiger partial charge in [0.05, 0.1) is 16.7 Å². The SMILES string of the molecule is O=C1CCC(N2C(=O)c3ccc(CNCCC4(O)CNC4)cc3C2=O)C(=O)N1. The van der Waals surface area contributed by atoms with Gasteiger partial charge in [0.15, 0.2) is 0 Å². The van der Waals surface area contributed by atoms with Crippen LogP contribution in [0.2, 0.25) is 0 Å². The van der Waals surface area contributed by atoms with Crippen molar-refractivity contribution in [2.45, 2.75) is 37.5 Å². The summed E-state index contributed by atoms with van der Waals surface area (Å²) in [4.78, 5) is 49.8. The number of amides is 4. The number of carbonyl (C=O) groups excluding carboxylic acids is 4. The molecule has 148 valence electrons. The molecule has 1 unspecified atom stereocenters. The smallest absolute Gasteiger partial charge is 0.262 e. The molecule has 0 aliphatic carbocycles. The Balaban J connectivity index is 1.42. The Bertz CT molecular complexity index is 864. The van der Waals surface area contributed by atoms with Crippen LogP contribution < -0.4 is 16.0 Å². The number of imide groups is 2. The summed E-state index contributed by atoms with van der Waals surface area (Å²) >= 11 is 0. The molecule has 0 spiro atoms. The fourth-order valence-corrected chi connectivity index (χ4v) is 3.77. The normalized spacial score (nSPS) is 23.5. The third-order valence-electron chi connectivity index (χ3n) is 5.51. The van der Waals surface area contributed by atoms with Gasteiger partial charge in [0.2, 0.25) is 11.8 Å². The van der Waals surface area contributed by atoms with Gasteiger partial charge in [-0.2, -0.15) is 0 Å². The maximum atomic E-state index is 12.8. The zero-order valence-corrected chi connectivity index (χ0v) is 15.3. The summed E-state index contributed by atoms with van der Waals surface area (Å²) in [6.45, 7) is 2.32. The molecular weight excluding hydrogens is 364 g/mol. The number of fused-ring (bicyclic) bond motifs is 1. The van der Waals surface area contributed by atoms with E-state index in [1.54, 1.807) is 18.2 Å². The Morgan fingerprint density at radius 1 is 1.14 bits per heavy atom. The number of aliphatic hydroxyl groups is 1. The lowest BCUT2D eigenvalue weighted by atomic mass is 9.93. The first kappa shape index (κ1) is 18.7. The summed E-state index contributed by atoms with van der Waals surface area (Å²) < 4.78 is 0. The third-order valence-corrected chi connectivity index (χ3v) is 5.51. The summed E-state index contributed by atoms with van der Waals surface area (Å²) in [6.07, 6.45) is 0.870. The van der Waals surface area contributed by atoms with E-state index in [0.29, 0.717) is 32.6 Å². The minimum atomic E-state index is -0.955. The van der Waals surface area contributed by atoms with Gasteiger partial charge >= 0.3 is 0 Å². The molecule has 3 aliphatic heterocycles. The second-order valence-corrected chi connectivity index (χ2v) is 7.58. The molecule has 0 aromatic heterocycles. The summed E-state index contributed by atoms with van der Waals surface area (Å²) in [7, 11) is 0. The zero-order chi connectivity index (χ0) is 19.9. The maximum absolute atomic E-state index is 12.8. The van der Waals surface area contributed by atoms with Crippen molar-refractivity contribution < 1.29 is 24.3 Å². The van der Waals surface area contributed by atoms with Crippen LogP contribution in [0.15, 0.2) is 18.2 Å².